The van der Waals surface area contributed by atoms with Crippen LogP contribution < -0.4 is 9.62 Å². The highest BCUT2D eigenvalue weighted by Crippen LogP contribution is 2.30. The average Bonchev–Trinajstić information content (AvgIpc) is 2.99. The predicted octanol–water partition coefficient (Wildman–Crippen LogP) is 1.36. The molecule has 1 aromatic carbocycles. The van der Waals surface area contributed by atoms with Crippen LogP contribution in [0.4, 0.5) is 5.69 Å². The Morgan fingerprint density at radius 2 is 1.96 bits per heavy atom. The molecule has 0 radical (unpaired) electrons. The number of hydrogen-bond donors (Lipinski definition) is 1. The molecule has 3 rings (SSSR count). The summed E-state index contributed by atoms with van der Waals surface area (Å²) in [5.74, 6) is 0.0776. The fourth-order valence-electron chi connectivity index (χ4n) is 3.41. The number of anilines is 1. The standard InChI is InChI=1S/C17H25N3O3S/c1-3-17(21)20-11-6-13-12-15(4-5-16(13)20)24(22,23)18-14-7-9-19(2)10-8-14/h4-5,12,14,18H,3,6-11H2,1-2H3. The Kier molecular flexibility index (Phi) is 4.94. The minimum Gasteiger partial charge on any atom is -0.312 e. The number of hydrogen-bond acceptors (Lipinski definition) is 4. The van der Waals surface area contributed by atoms with Crippen LogP contribution in [0.1, 0.15) is 31.7 Å². The molecule has 0 spiro atoms. The van der Waals surface area contributed by atoms with Gasteiger partial charge in [0.1, 0.15) is 0 Å². The first-order chi connectivity index (χ1) is 11.4. The second-order valence-corrected chi connectivity index (χ2v) is 8.35. The number of rotatable bonds is 4. The lowest BCUT2D eigenvalue weighted by molar-refractivity contribution is -0.118. The summed E-state index contributed by atoms with van der Waals surface area (Å²) in [4.78, 5) is 16.2. The topological polar surface area (TPSA) is 69.7 Å². The van der Waals surface area contributed by atoms with Crippen molar-refractivity contribution in [2.75, 3.05) is 31.6 Å². The minimum absolute atomic E-state index is 0.00220. The Morgan fingerprint density at radius 1 is 1.25 bits per heavy atom. The first-order valence-electron chi connectivity index (χ1n) is 8.55. The van der Waals surface area contributed by atoms with Crippen molar-refractivity contribution < 1.29 is 13.2 Å². The van der Waals surface area contributed by atoms with Crippen molar-refractivity contribution in [3.05, 3.63) is 23.8 Å². The van der Waals surface area contributed by atoms with E-state index in [4.69, 9.17) is 0 Å². The number of fused-ring (bicyclic) bond motifs is 1. The highest BCUT2D eigenvalue weighted by Gasteiger charge is 2.27. The normalized spacial score (nSPS) is 19.5. The first-order valence-corrected chi connectivity index (χ1v) is 10.0. The third-order valence-corrected chi connectivity index (χ3v) is 6.42. The molecular formula is C17H25N3O3S. The van der Waals surface area contributed by atoms with Crippen LogP contribution in [-0.2, 0) is 21.2 Å². The molecule has 2 aliphatic heterocycles. The highest BCUT2D eigenvalue weighted by molar-refractivity contribution is 7.89. The van der Waals surface area contributed by atoms with Crippen LogP contribution in [0.5, 0.6) is 0 Å². The van der Waals surface area contributed by atoms with Crippen LogP contribution in [0.25, 0.3) is 0 Å². The molecule has 0 unspecified atom stereocenters. The van der Waals surface area contributed by atoms with Crippen LogP contribution in [0.2, 0.25) is 0 Å². The van der Waals surface area contributed by atoms with Crippen molar-refractivity contribution in [1.82, 2.24) is 9.62 Å². The monoisotopic (exact) mass is 351 g/mol. The van der Waals surface area contributed by atoms with E-state index in [0.717, 1.165) is 37.2 Å². The Morgan fingerprint density at radius 3 is 2.62 bits per heavy atom. The van der Waals surface area contributed by atoms with Crippen molar-refractivity contribution >= 4 is 21.6 Å². The van der Waals surface area contributed by atoms with Gasteiger partial charge in [0.2, 0.25) is 15.9 Å². The van der Waals surface area contributed by atoms with Crippen LogP contribution in [-0.4, -0.2) is 51.9 Å². The number of likely N-dealkylation sites (tertiary alicyclic amines) is 1. The Bertz CT molecular complexity index is 725. The van der Waals surface area contributed by atoms with E-state index in [1.807, 2.05) is 6.92 Å². The third-order valence-electron chi connectivity index (χ3n) is 4.90. The maximum Gasteiger partial charge on any atom is 0.240 e. The number of amides is 1. The van der Waals surface area contributed by atoms with Crippen LogP contribution in [0.15, 0.2) is 23.1 Å². The van der Waals surface area contributed by atoms with Gasteiger partial charge < -0.3 is 9.80 Å². The smallest absolute Gasteiger partial charge is 0.240 e. The summed E-state index contributed by atoms with van der Waals surface area (Å²) in [5, 5.41) is 0. The fraction of sp³-hybridized carbons (Fsp3) is 0.588. The van der Waals surface area contributed by atoms with Crippen molar-refractivity contribution in [2.24, 2.45) is 0 Å². The minimum atomic E-state index is -3.51. The number of carbonyl (C=O) groups excluding carboxylic acids is 1. The molecule has 1 N–H and O–H groups in total. The summed E-state index contributed by atoms with van der Waals surface area (Å²) < 4.78 is 28.1. The van der Waals surface area contributed by atoms with Crippen LogP contribution >= 0.6 is 0 Å². The molecule has 0 atom stereocenters. The number of sulfonamides is 1. The van der Waals surface area contributed by atoms with Gasteiger partial charge in [0.25, 0.3) is 0 Å². The molecule has 7 heteroatoms. The molecule has 2 aliphatic rings. The van der Waals surface area contributed by atoms with Gasteiger partial charge in [0, 0.05) is 24.7 Å². The summed E-state index contributed by atoms with van der Waals surface area (Å²) in [6, 6.07) is 5.09. The Hall–Kier alpha value is -1.44. The third kappa shape index (κ3) is 3.48. The fourth-order valence-corrected chi connectivity index (χ4v) is 4.76. The van der Waals surface area contributed by atoms with Crippen molar-refractivity contribution in [3.8, 4) is 0 Å². The number of nitrogens with zero attached hydrogens (tertiary/aromatic N) is 2. The van der Waals surface area contributed by atoms with Crippen LogP contribution in [0, 0.1) is 0 Å². The zero-order chi connectivity index (χ0) is 17.3. The lowest BCUT2D eigenvalue weighted by Gasteiger charge is -2.29. The van der Waals surface area contributed by atoms with E-state index in [2.05, 4.69) is 16.7 Å². The van der Waals surface area contributed by atoms with Gasteiger partial charge in [-0.1, -0.05) is 6.92 Å². The molecule has 0 aliphatic carbocycles. The SMILES string of the molecule is CCC(=O)N1CCc2cc(S(=O)(=O)NC3CCN(C)CC3)ccc21. The Balaban J connectivity index is 1.76. The molecule has 1 fully saturated rings. The number of benzene rings is 1. The summed E-state index contributed by atoms with van der Waals surface area (Å²) in [7, 11) is -1.46. The van der Waals surface area contributed by atoms with E-state index in [0.29, 0.717) is 24.3 Å². The molecule has 132 valence electrons. The zero-order valence-corrected chi connectivity index (χ0v) is 15.1. The molecule has 0 saturated carbocycles. The van der Waals surface area contributed by atoms with Crippen molar-refractivity contribution in [3.63, 3.8) is 0 Å². The molecule has 24 heavy (non-hydrogen) atoms. The largest absolute Gasteiger partial charge is 0.312 e. The average molecular weight is 351 g/mol. The van der Waals surface area contributed by atoms with E-state index in [1.54, 1.807) is 23.1 Å². The molecule has 1 amide bonds. The lowest BCUT2D eigenvalue weighted by Crippen LogP contribution is -2.43. The summed E-state index contributed by atoms with van der Waals surface area (Å²) >= 11 is 0. The maximum absolute atomic E-state index is 12.6. The summed E-state index contributed by atoms with van der Waals surface area (Å²) in [6.45, 7) is 4.29. The zero-order valence-electron chi connectivity index (χ0n) is 14.3. The first kappa shape index (κ1) is 17.4. The number of nitrogens with one attached hydrogen (secondary N) is 1. The van der Waals surface area contributed by atoms with Gasteiger partial charge in [-0.05, 0) is 63.2 Å². The van der Waals surface area contributed by atoms with E-state index in [1.165, 1.54) is 0 Å². The van der Waals surface area contributed by atoms with Crippen molar-refractivity contribution in [2.45, 2.75) is 43.5 Å². The number of piperidine rings is 1. The van der Waals surface area contributed by atoms with Gasteiger partial charge >= 0.3 is 0 Å². The predicted molar refractivity (Wildman–Crippen MR) is 93.6 cm³/mol. The molecular weight excluding hydrogens is 326 g/mol. The number of carbonyl (C=O) groups is 1. The molecule has 1 aromatic rings. The van der Waals surface area contributed by atoms with Gasteiger partial charge in [-0.25, -0.2) is 13.1 Å². The molecule has 6 nitrogen and oxygen atoms in total. The second kappa shape index (κ2) is 6.82. The van der Waals surface area contributed by atoms with Crippen molar-refractivity contribution in [1.29, 1.82) is 0 Å². The quantitative estimate of drug-likeness (QED) is 0.889. The highest BCUT2D eigenvalue weighted by atomic mass is 32.2. The lowest BCUT2D eigenvalue weighted by atomic mass is 10.1. The molecule has 0 aromatic heterocycles. The molecule has 1 saturated heterocycles. The second-order valence-electron chi connectivity index (χ2n) is 6.64. The van der Waals surface area contributed by atoms with Gasteiger partial charge in [-0.3, -0.25) is 4.79 Å². The van der Waals surface area contributed by atoms with E-state index in [-0.39, 0.29) is 11.9 Å². The Labute approximate surface area is 143 Å². The van der Waals surface area contributed by atoms with Gasteiger partial charge in [-0.2, -0.15) is 0 Å². The van der Waals surface area contributed by atoms with E-state index < -0.39 is 10.0 Å². The van der Waals surface area contributed by atoms with Gasteiger partial charge in [0.05, 0.1) is 4.90 Å². The maximum atomic E-state index is 12.6. The van der Waals surface area contributed by atoms with E-state index >= 15 is 0 Å². The van der Waals surface area contributed by atoms with Gasteiger partial charge in [-0.15, -0.1) is 0 Å². The molecule has 0 bridgehead atoms. The van der Waals surface area contributed by atoms with Gasteiger partial charge in [0.15, 0.2) is 0 Å². The van der Waals surface area contributed by atoms with Crippen LogP contribution in [0.3, 0.4) is 0 Å². The molecule has 2 heterocycles. The summed E-state index contributed by atoms with van der Waals surface area (Å²) in [5.41, 5.74) is 1.78. The van der Waals surface area contributed by atoms with E-state index in [9.17, 15) is 13.2 Å². The summed E-state index contributed by atoms with van der Waals surface area (Å²) in [6.07, 6.45) is 2.83.